The van der Waals surface area contributed by atoms with Gasteiger partial charge in [0.15, 0.2) is 0 Å². The van der Waals surface area contributed by atoms with Crippen LogP contribution in [0.2, 0.25) is 0 Å². The Kier molecular flexibility index (Phi) is 7.00. The zero-order chi connectivity index (χ0) is 24.4. The Morgan fingerprint density at radius 2 is 2.00 bits per heavy atom. The van der Waals surface area contributed by atoms with Crippen LogP contribution >= 0.6 is 0 Å². The number of hydrogen-bond donors (Lipinski definition) is 1. The molecule has 1 N–H and O–H groups in total. The summed E-state index contributed by atoms with van der Waals surface area (Å²) in [4.78, 5) is 25.7. The Labute approximate surface area is 211 Å². The summed E-state index contributed by atoms with van der Waals surface area (Å²) in [5, 5.41) is 3.08. The van der Waals surface area contributed by atoms with Gasteiger partial charge in [-0.05, 0) is 97.4 Å². The highest BCUT2D eigenvalue weighted by atomic mass is 16.5. The summed E-state index contributed by atoms with van der Waals surface area (Å²) in [6.45, 7) is 2.93. The monoisotopic (exact) mass is 475 g/mol. The van der Waals surface area contributed by atoms with Crippen molar-refractivity contribution in [2.45, 2.75) is 70.6 Å². The number of carbonyl (C=O) groups is 2. The summed E-state index contributed by atoms with van der Waals surface area (Å²) in [7, 11) is 1.73. The van der Waals surface area contributed by atoms with Crippen LogP contribution in [-0.4, -0.2) is 25.3 Å². The highest BCUT2D eigenvalue weighted by molar-refractivity contribution is 5.87. The van der Waals surface area contributed by atoms with Crippen molar-refractivity contribution < 1.29 is 15.8 Å². The minimum atomic E-state index is -0.173. The molecule has 188 valence electrons. The minimum absolute atomic E-state index is 0. The van der Waals surface area contributed by atoms with Crippen molar-refractivity contribution in [3.05, 3.63) is 65.2 Å². The zero-order valence-corrected chi connectivity index (χ0v) is 21.2. The molecule has 35 heavy (non-hydrogen) atoms. The summed E-state index contributed by atoms with van der Waals surface area (Å²) in [5.74, 6) is 3.54. The summed E-state index contributed by atoms with van der Waals surface area (Å²) >= 11 is 0. The summed E-state index contributed by atoms with van der Waals surface area (Å²) in [6, 6.07) is 16.9. The number of fused-ring (bicyclic) bond motifs is 5. The van der Waals surface area contributed by atoms with Crippen LogP contribution in [0.15, 0.2) is 48.5 Å². The molecule has 1 amide bonds. The minimum Gasteiger partial charge on any atom is -0.497 e. The van der Waals surface area contributed by atoms with Crippen molar-refractivity contribution in [3.63, 3.8) is 0 Å². The molecule has 4 heteroatoms. The third kappa shape index (κ3) is 4.77. The van der Waals surface area contributed by atoms with Crippen molar-refractivity contribution in [1.29, 1.82) is 0 Å². The summed E-state index contributed by atoms with van der Waals surface area (Å²) in [5.41, 5.74) is 3.99. The van der Waals surface area contributed by atoms with Crippen molar-refractivity contribution in [3.8, 4) is 5.75 Å². The molecule has 0 heterocycles. The maximum Gasteiger partial charge on any atom is 0.220 e. The van der Waals surface area contributed by atoms with Gasteiger partial charge in [0.05, 0.1) is 7.11 Å². The predicted molar refractivity (Wildman–Crippen MR) is 141 cm³/mol. The van der Waals surface area contributed by atoms with Crippen LogP contribution in [0.4, 0.5) is 0 Å². The van der Waals surface area contributed by atoms with E-state index in [1.165, 1.54) is 16.7 Å². The molecule has 5 atom stereocenters. The van der Waals surface area contributed by atoms with Gasteiger partial charge >= 0.3 is 0 Å². The average Bonchev–Trinajstić information content (AvgIpc) is 3.13. The molecule has 0 bridgehead atoms. The van der Waals surface area contributed by atoms with Crippen LogP contribution in [0, 0.1) is 23.2 Å². The molecule has 2 fully saturated rings. The lowest BCUT2D eigenvalue weighted by molar-refractivity contribution is -0.129. The molecule has 0 unspecified atom stereocenters. The fourth-order valence-corrected chi connectivity index (χ4v) is 7.61. The van der Waals surface area contributed by atoms with Gasteiger partial charge in [-0.3, -0.25) is 9.59 Å². The van der Waals surface area contributed by atoms with Crippen molar-refractivity contribution in [1.82, 2.24) is 5.32 Å². The fourth-order valence-electron chi connectivity index (χ4n) is 7.61. The Morgan fingerprint density at radius 1 is 1.17 bits per heavy atom. The van der Waals surface area contributed by atoms with Gasteiger partial charge in [-0.1, -0.05) is 43.3 Å². The lowest BCUT2D eigenvalue weighted by Gasteiger charge is -2.50. The third-order valence-electron chi connectivity index (χ3n) is 9.33. The van der Waals surface area contributed by atoms with E-state index in [1.807, 2.05) is 18.2 Å². The highest BCUT2D eigenvalue weighted by Gasteiger charge is 2.58. The van der Waals surface area contributed by atoms with E-state index in [9.17, 15) is 9.59 Å². The molecule has 2 aromatic rings. The molecular weight excluding hydrogens is 434 g/mol. The second kappa shape index (κ2) is 10.2. The van der Waals surface area contributed by atoms with E-state index in [4.69, 9.17) is 4.74 Å². The molecule has 0 aromatic heterocycles. The van der Waals surface area contributed by atoms with E-state index in [2.05, 4.69) is 42.6 Å². The number of hydrogen-bond acceptors (Lipinski definition) is 3. The second-order valence-electron chi connectivity index (χ2n) is 11.2. The summed E-state index contributed by atoms with van der Waals surface area (Å²) < 4.78 is 5.47. The molecule has 2 saturated carbocycles. The number of rotatable bonds is 8. The van der Waals surface area contributed by atoms with Gasteiger partial charge in [0.25, 0.3) is 0 Å². The molecule has 2 aromatic carbocycles. The number of aryl methyl sites for hydroxylation is 1. The van der Waals surface area contributed by atoms with Crippen LogP contribution in [0.5, 0.6) is 5.75 Å². The van der Waals surface area contributed by atoms with E-state index in [0.29, 0.717) is 48.8 Å². The van der Waals surface area contributed by atoms with Crippen LogP contribution in [0.3, 0.4) is 0 Å². The first-order valence-electron chi connectivity index (χ1n) is 13.5. The predicted octanol–water partition coefficient (Wildman–Crippen LogP) is 6.12. The lowest BCUT2D eigenvalue weighted by atomic mass is 9.54. The van der Waals surface area contributed by atoms with E-state index < -0.39 is 0 Å². The number of amides is 1. The van der Waals surface area contributed by atoms with Crippen molar-refractivity contribution in [2.75, 3.05) is 13.7 Å². The van der Waals surface area contributed by atoms with Crippen LogP contribution < -0.4 is 10.1 Å². The molecule has 0 aliphatic heterocycles. The smallest absolute Gasteiger partial charge is 0.220 e. The quantitative estimate of drug-likeness (QED) is 0.500. The molecular formula is C31H41NO3. The van der Waals surface area contributed by atoms with E-state index >= 15 is 0 Å². The first-order valence-corrected chi connectivity index (χ1v) is 13.5. The van der Waals surface area contributed by atoms with E-state index in [1.54, 1.807) is 7.11 Å². The Bertz CT molecular complexity index is 1070. The van der Waals surface area contributed by atoms with Crippen molar-refractivity contribution in [2.24, 2.45) is 23.2 Å². The number of ketones is 1. The standard InChI is InChI=1S/C31H39NO3.H2/c1-31-17-15-26-25-14-12-24(35-2)19-22(25)11-13-27(26)30(31)23(20-28(31)33)9-6-10-29(34)32-18-16-21-7-4-3-5-8-21;/h3-5,7-8,12,14,19,23,26-27,30H,6,9-11,13,15-18,20H2,1-2H3,(H,32,34);1H/t23-,26-,27-,30+,31-;/m1./s1. The molecule has 5 rings (SSSR count). The topological polar surface area (TPSA) is 55.4 Å². The SMILES string of the molecule is COc1ccc2c(c1)CC[C@H]1[C@@H]3[C@H](CCCC(=O)NCCc4ccccc4)CC(=O)[C@@]3(C)CC[C@H]21.[HH]. The van der Waals surface area contributed by atoms with Gasteiger partial charge in [-0.15, -0.1) is 0 Å². The molecule has 0 saturated heterocycles. The van der Waals surface area contributed by atoms with Crippen molar-refractivity contribution >= 4 is 11.7 Å². The number of Topliss-reactive ketones (excluding diaryl/α,β-unsaturated/α-hetero) is 1. The highest BCUT2D eigenvalue weighted by Crippen LogP contribution is 2.62. The molecule has 3 aliphatic carbocycles. The number of methoxy groups -OCH3 is 1. The van der Waals surface area contributed by atoms with Gasteiger partial charge in [-0.25, -0.2) is 0 Å². The molecule has 3 aliphatic rings. The first-order chi connectivity index (χ1) is 17.0. The Hall–Kier alpha value is -2.62. The van der Waals surface area contributed by atoms with Gasteiger partial charge in [-0.2, -0.15) is 0 Å². The molecule has 0 spiro atoms. The lowest BCUT2D eigenvalue weighted by Crippen LogP contribution is -2.44. The van der Waals surface area contributed by atoms with Crippen LogP contribution in [-0.2, 0) is 22.4 Å². The van der Waals surface area contributed by atoms with Gasteiger partial charge < -0.3 is 10.1 Å². The summed E-state index contributed by atoms with van der Waals surface area (Å²) in [6.07, 6.45) is 8.32. The number of ether oxygens (including phenoxy) is 1. The van der Waals surface area contributed by atoms with Gasteiger partial charge in [0.2, 0.25) is 5.91 Å². The van der Waals surface area contributed by atoms with Crippen LogP contribution in [0.25, 0.3) is 0 Å². The third-order valence-corrected chi connectivity index (χ3v) is 9.33. The zero-order valence-electron chi connectivity index (χ0n) is 21.2. The van der Waals surface area contributed by atoms with E-state index in [0.717, 1.165) is 50.7 Å². The maximum atomic E-state index is 13.2. The second-order valence-corrected chi connectivity index (χ2v) is 11.2. The van der Waals surface area contributed by atoms with Gasteiger partial charge in [0.1, 0.15) is 11.5 Å². The maximum absolute atomic E-state index is 13.2. The normalized spacial score (nSPS) is 29.1. The molecule has 0 radical (unpaired) electrons. The fraction of sp³-hybridized carbons (Fsp3) is 0.548. The average molecular weight is 476 g/mol. The number of nitrogens with one attached hydrogen (secondary N) is 1. The largest absolute Gasteiger partial charge is 0.497 e. The van der Waals surface area contributed by atoms with Crippen LogP contribution in [0.1, 0.15) is 75.9 Å². The van der Waals surface area contributed by atoms with E-state index in [-0.39, 0.29) is 12.7 Å². The Balaban J connectivity index is 0.00000304. The van der Waals surface area contributed by atoms with Gasteiger partial charge in [0, 0.05) is 26.2 Å². The first kappa shape index (κ1) is 24.1. The molecule has 4 nitrogen and oxygen atoms in total. The number of benzene rings is 2. The Morgan fingerprint density at radius 3 is 2.80 bits per heavy atom. The number of carbonyl (C=O) groups excluding carboxylic acids is 2.